The van der Waals surface area contributed by atoms with Gasteiger partial charge in [-0.15, -0.1) is 18.2 Å². The molecule has 0 heterocycles. The van der Waals surface area contributed by atoms with Crippen LogP contribution in [0.15, 0.2) is 24.8 Å². The van der Waals surface area contributed by atoms with Gasteiger partial charge in [0.25, 0.3) is 0 Å². The molecule has 1 nitrogen and oxygen atoms in total. The molecule has 0 aromatic carbocycles. The topological polar surface area (TPSA) is 17.1 Å². The van der Waals surface area contributed by atoms with E-state index < -0.39 is 5.41 Å². The summed E-state index contributed by atoms with van der Waals surface area (Å²) < 4.78 is 0. The van der Waals surface area contributed by atoms with Gasteiger partial charge in [0.2, 0.25) is 0 Å². The number of ketones is 1. The third-order valence-corrected chi connectivity index (χ3v) is 3.93. The van der Waals surface area contributed by atoms with Crippen molar-refractivity contribution in [3.8, 4) is 0 Å². The van der Waals surface area contributed by atoms with Crippen LogP contribution in [0.3, 0.4) is 0 Å². The first kappa shape index (κ1) is 11.5. The molecular weight excluding hydrogens is 196 g/mol. The van der Waals surface area contributed by atoms with Gasteiger partial charge >= 0.3 is 0 Å². The second-order valence-electron chi connectivity index (χ2n) is 4.36. The summed E-state index contributed by atoms with van der Waals surface area (Å²) >= 11 is 6.22. The van der Waals surface area contributed by atoms with Crippen LogP contribution in [0, 0.1) is 11.3 Å². The zero-order chi connectivity index (χ0) is 10.9. The molecule has 0 unspecified atom stereocenters. The highest BCUT2D eigenvalue weighted by Gasteiger charge is 2.43. The SMILES string of the molecule is C=C[C@]1(C)C(=O)C[C@@H](C(=C)C)C[C@H]1Cl. The van der Waals surface area contributed by atoms with E-state index in [1.54, 1.807) is 6.08 Å². The molecule has 0 saturated heterocycles. The van der Waals surface area contributed by atoms with Crippen LogP contribution in [0.2, 0.25) is 0 Å². The molecule has 0 N–H and O–H groups in total. The third kappa shape index (κ3) is 1.78. The Morgan fingerprint density at radius 1 is 1.71 bits per heavy atom. The molecule has 2 heteroatoms. The number of carbonyl (C=O) groups excluding carboxylic acids is 1. The molecule has 78 valence electrons. The second kappa shape index (κ2) is 3.90. The molecule has 1 aliphatic carbocycles. The quantitative estimate of drug-likeness (QED) is 0.507. The van der Waals surface area contributed by atoms with Crippen LogP contribution in [0.1, 0.15) is 26.7 Å². The van der Waals surface area contributed by atoms with Gasteiger partial charge in [0.05, 0.1) is 5.41 Å². The number of Topliss-reactive ketones (excluding diaryl/α,β-unsaturated/α-hetero) is 1. The molecule has 0 radical (unpaired) electrons. The van der Waals surface area contributed by atoms with Gasteiger partial charge in [0.1, 0.15) is 5.78 Å². The average Bonchev–Trinajstić information content (AvgIpc) is 2.13. The smallest absolute Gasteiger partial charge is 0.144 e. The van der Waals surface area contributed by atoms with E-state index in [0.29, 0.717) is 6.42 Å². The summed E-state index contributed by atoms with van der Waals surface area (Å²) in [6.45, 7) is 11.4. The molecule has 0 aliphatic heterocycles. The van der Waals surface area contributed by atoms with Gasteiger partial charge in [-0.25, -0.2) is 0 Å². The number of halogens is 1. The van der Waals surface area contributed by atoms with Crippen molar-refractivity contribution in [2.45, 2.75) is 32.1 Å². The first-order valence-electron chi connectivity index (χ1n) is 4.88. The molecule has 1 rings (SSSR count). The minimum absolute atomic E-state index is 0.150. The van der Waals surface area contributed by atoms with E-state index in [4.69, 9.17) is 11.6 Å². The van der Waals surface area contributed by atoms with E-state index in [-0.39, 0.29) is 17.1 Å². The lowest BCUT2D eigenvalue weighted by molar-refractivity contribution is -0.128. The van der Waals surface area contributed by atoms with E-state index in [9.17, 15) is 4.79 Å². The predicted octanol–water partition coefficient (Wildman–Crippen LogP) is 3.34. The van der Waals surface area contributed by atoms with E-state index in [1.807, 2.05) is 13.8 Å². The van der Waals surface area contributed by atoms with Gasteiger partial charge in [-0.1, -0.05) is 18.2 Å². The van der Waals surface area contributed by atoms with Crippen LogP contribution in [0.5, 0.6) is 0 Å². The summed E-state index contributed by atoms with van der Waals surface area (Å²) in [7, 11) is 0. The normalized spacial score (nSPS) is 38.1. The molecule has 0 bridgehead atoms. The van der Waals surface area contributed by atoms with E-state index in [1.165, 1.54) is 0 Å². The molecule has 0 aromatic rings. The molecule has 14 heavy (non-hydrogen) atoms. The van der Waals surface area contributed by atoms with Crippen LogP contribution in [-0.2, 0) is 4.79 Å². The minimum atomic E-state index is -0.548. The summed E-state index contributed by atoms with van der Waals surface area (Å²) in [6, 6.07) is 0. The van der Waals surface area contributed by atoms with Gasteiger partial charge in [-0.3, -0.25) is 4.79 Å². The van der Waals surface area contributed by atoms with Crippen molar-refractivity contribution in [3.05, 3.63) is 24.8 Å². The van der Waals surface area contributed by atoms with Crippen molar-refractivity contribution < 1.29 is 4.79 Å². The Morgan fingerprint density at radius 3 is 2.64 bits per heavy atom. The fraction of sp³-hybridized carbons (Fsp3) is 0.583. The van der Waals surface area contributed by atoms with Crippen molar-refractivity contribution in [2.75, 3.05) is 0 Å². The van der Waals surface area contributed by atoms with Crippen LogP contribution in [0.25, 0.3) is 0 Å². The lowest BCUT2D eigenvalue weighted by atomic mass is 9.69. The molecule has 1 saturated carbocycles. The zero-order valence-corrected chi connectivity index (χ0v) is 9.60. The molecule has 1 aliphatic rings. The Labute approximate surface area is 90.8 Å². The van der Waals surface area contributed by atoms with E-state index in [0.717, 1.165) is 12.0 Å². The molecular formula is C12H17ClO. The summed E-state index contributed by atoms with van der Waals surface area (Å²) in [5.41, 5.74) is 0.503. The maximum Gasteiger partial charge on any atom is 0.144 e. The summed E-state index contributed by atoms with van der Waals surface area (Å²) in [6.07, 6.45) is 3.06. The van der Waals surface area contributed by atoms with Crippen molar-refractivity contribution >= 4 is 17.4 Å². The maximum atomic E-state index is 11.9. The zero-order valence-electron chi connectivity index (χ0n) is 8.85. The number of hydrogen-bond acceptors (Lipinski definition) is 1. The van der Waals surface area contributed by atoms with Crippen LogP contribution in [-0.4, -0.2) is 11.2 Å². The van der Waals surface area contributed by atoms with E-state index >= 15 is 0 Å². The number of hydrogen-bond donors (Lipinski definition) is 0. The number of allylic oxidation sites excluding steroid dienone is 2. The number of alkyl halides is 1. The maximum absolute atomic E-state index is 11.9. The monoisotopic (exact) mass is 212 g/mol. The molecule has 0 aromatic heterocycles. The second-order valence-corrected chi connectivity index (χ2v) is 4.89. The largest absolute Gasteiger partial charge is 0.299 e. The standard InChI is InChI=1S/C12H17ClO/c1-5-12(4)10(13)6-9(8(2)3)7-11(12)14/h5,9-10H,1-2,6-7H2,3-4H3/t9-,10+,12-/m0/s1. The van der Waals surface area contributed by atoms with Crippen molar-refractivity contribution in [1.29, 1.82) is 0 Å². The number of rotatable bonds is 2. The summed E-state index contributed by atoms with van der Waals surface area (Å²) in [5, 5.41) is -0.150. The van der Waals surface area contributed by atoms with Gasteiger partial charge in [-0.05, 0) is 26.2 Å². The Hall–Kier alpha value is -0.560. The van der Waals surface area contributed by atoms with Gasteiger partial charge < -0.3 is 0 Å². The van der Waals surface area contributed by atoms with Crippen LogP contribution < -0.4 is 0 Å². The molecule has 1 fully saturated rings. The first-order chi connectivity index (χ1) is 6.41. The first-order valence-corrected chi connectivity index (χ1v) is 5.31. The van der Waals surface area contributed by atoms with Crippen molar-refractivity contribution in [2.24, 2.45) is 11.3 Å². The third-order valence-electron chi connectivity index (χ3n) is 3.30. The Balaban J connectivity index is 2.88. The summed E-state index contributed by atoms with van der Waals surface area (Å²) in [5.74, 6) is 0.435. The lowest BCUT2D eigenvalue weighted by Crippen LogP contribution is -2.42. The fourth-order valence-corrected chi connectivity index (χ4v) is 2.24. The highest BCUT2D eigenvalue weighted by molar-refractivity contribution is 6.23. The van der Waals surface area contributed by atoms with Crippen molar-refractivity contribution in [1.82, 2.24) is 0 Å². The fourth-order valence-electron chi connectivity index (χ4n) is 1.81. The van der Waals surface area contributed by atoms with Gasteiger partial charge in [0, 0.05) is 11.8 Å². The molecule has 3 atom stereocenters. The van der Waals surface area contributed by atoms with E-state index in [2.05, 4.69) is 13.2 Å². The minimum Gasteiger partial charge on any atom is -0.299 e. The highest BCUT2D eigenvalue weighted by Crippen LogP contribution is 2.42. The summed E-state index contributed by atoms with van der Waals surface area (Å²) in [4.78, 5) is 11.9. The van der Waals surface area contributed by atoms with Crippen LogP contribution >= 0.6 is 11.6 Å². The average molecular weight is 213 g/mol. The van der Waals surface area contributed by atoms with Gasteiger partial charge in [-0.2, -0.15) is 0 Å². The Kier molecular flexibility index (Phi) is 3.20. The van der Waals surface area contributed by atoms with Crippen LogP contribution in [0.4, 0.5) is 0 Å². The molecule has 0 spiro atoms. The molecule has 0 amide bonds. The number of carbonyl (C=O) groups is 1. The van der Waals surface area contributed by atoms with Crippen molar-refractivity contribution in [3.63, 3.8) is 0 Å². The predicted molar refractivity (Wildman–Crippen MR) is 60.5 cm³/mol. The Morgan fingerprint density at radius 2 is 2.29 bits per heavy atom. The van der Waals surface area contributed by atoms with Gasteiger partial charge in [0.15, 0.2) is 0 Å². The highest BCUT2D eigenvalue weighted by atomic mass is 35.5. The Bertz CT molecular complexity index is 282. The lowest BCUT2D eigenvalue weighted by Gasteiger charge is -2.38.